The summed E-state index contributed by atoms with van der Waals surface area (Å²) in [6, 6.07) is 17.7. The Morgan fingerprint density at radius 2 is 1.75 bits per heavy atom. The minimum Gasteiger partial charge on any atom is -0.248 e. The molecule has 3 aliphatic rings. The topological polar surface area (TPSA) is 12.9 Å². The largest absolute Gasteiger partial charge is 0.248 e. The molecule has 0 N–H and O–H groups in total. The normalized spacial score (nSPS) is 31.1. The summed E-state index contributed by atoms with van der Waals surface area (Å²) in [5, 5.41) is 2.63. The highest BCUT2D eigenvalue weighted by molar-refractivity contribution is 5.95. The van der Waals surface area contributed by atoms with Crippen LogP contribution in [-0.4, -0.2) is 4.98 Å². The first-order valence-corrected chi connectivity index (χ1v) is 9.33. The smallest absolute Gasteiger partial charge is 0.0712 e. The molecule has 2 aromatic carbocycles. The van der Waals surface area contributed by atoms with Crippen molar-refractivity contribution >= 4 is 21.8 Å². The molecule has 1 nitrogen and oxygen atoms in total. The number of benzene rings is 2. The molecule has 1 heteroatoms. The van der Waals surface area contributed by atoms with E-state index in [9.17, 15) is 0 Å². The van der Waals surface area contributed by atoms with Gasteiger partial charge in [0.1, 0.15) is 0 Å². The van der Waals surface area contributed by atoms with Crippen LogP contribution in [0.3, 0.4) is 0 Å². The van der Waals surface area contributed by atoms with Crippen LogP contribution in [0, 0.1) is 17.3 Å². The van der Waals surface area contributed by atoms with E-state index in [0.29, 0.717) is 10.8 Å². The number of rotatable bonds is 1. The van der Waals surface area contributed by atoms with Crippen molar-refractivity contribution in [2.24, 2.45) is 17.3 Å². The molecule has 24 heavy (non-hydrogen) atoms. The van der Waals surface area contributed by atoms with Gasteiger partial charge in [-0.05, 0) is 60.3 Å². The van der Waals surface area contributed by atoms with Crippen LogP contribution in [0.2, 0.25) is 0 Å². The van der Waals surface area contributed by atoms with Gasteiger partial charge in [-0.15, -0.1) is 0 Å². The van der Waals surface area contributed by atoms with Gasteiger partial charge in [-0.2, -0.15) is 0 Å². The van der Waals surface area contributed by atoms with Crippen molar-refractivity contribution in [1.29, 1.82) is 0 Å². The average Bonchev–Trinajstić information content (AvgIpc) is 2.59. The fraction of sp³-hybridized carbons (Fsp3) is 0.435. The highest BCUT2D eigenvalue weighted by Crippen LogP contribution is 2.70. The second-order valence-corrected chi connectivity index (χ2v) is 8.63. The molecule has 3 aromatic rings. The maximum Gasteiger partial charge on any atom is 0.0712 e. The predicted octanol–water partition coefficient (Wildman–Crippen LogP) is 6.10. The van der Waals surface area contributed by atoms with Gasteiger partial charge < -0.3 is 0 Å². The van der Waals surface area contributed by atoms with Crippen molar-refractivity contribution in [3.8, 4) is 0 Å². The summed E-state index contributed by atoms with van der Waals surface area (Å²) in [6.07, 6.45) is 4.13. The lowest BCUT2D eigenvalue weighted by Crippen LogP contribution is -2.64. The van der Waals surface area contributed by atoms with E-state index in [1.807, 2.05) is 0 Å². The minimum atomic E-state index is 0.319. The Morgan fingerprint density at radius 1 is 0.958 bits per heavy atom. The van der Waals surface area contributed by atoms with Crippen molar-refractivity contribution in [1.82, 2.24) is 4.98 Å². The molecule has 0 radical (unpaired) electrons. The number of para-hydroxylation sites is 1. The molecule has 6 rings (SSSR count). The number of fused-ring (bicyclic) bond motifs is 4. The van der Waals surface area contributed by atoms with Gasteiger partial charge in [-0.1, -0.05) is 51.1 Å². The average molecular weight is 315 g/mol. The molecule has 3 fully saturated rings. The van der Waals surface area contributed by atoms with E-state index in [0.717, 1.165) is 22.9 Å². The Bertz CT molecular complexity index is 955. The van der Waals surface area contributed by atoms with Crippen LogP contribution in [-0.2, 0) is 5.41 Å². The second-order valence-electron chi connectivity index (χ2n) is 8.63. The van der Waals surface area contributed by atoms with Gasteiger partial charge in [-0.3, -0.25) is 0 Å². The molecule has 0 spiro atoms. The van der Waals surface area contributed by atoms with Gasteiger partial charge in [0.2, 0.25) is 0 Å². The van der Waals surface area contributed by atoms with Crippen LogP contribution in [0.15, 0.2) is 48.5 Å². The zero-order valence-electron chi connectivity index (χ0n) is 14.8. The highest BCUT2D eigenvalue weighted by atomic mass is 14.7. The number of hydrogen-bond donors (Lipinski definition) is 0. The minimum absolute atomic E-state index is 0.319. The lowest BCUT2D eigenvalue weighted by Gasteiger charge is -2.69. The molecule has 1 heterocycles. The second kappa shape index (κ2) is 4.59. The van der Waals surface area contributed by atoms with Crippen molar-refractivity contribution in [2.75, 3.05) is 0 Å². The first-order chi connectivity index (χ1) is 11.5. The van der Waals surface area contributed by atoms with Crippen LogP contribution >= 0.6 is 0 Å². The Balaban J connectivity index is 1.82. The van der Waals surface area contributed by atoms with Gasteiger partial charge in [0, 0.05) is 16.2 Å². The molecule has 3 saturated carbocycles. The zero-order chi connectivity index (χ0) is 16.5. The molecule has 122 valence electrons. The molecule has 0 amide bonds. The van der Waals surface area contributed by atoms with Gasteiger partial charge in [-0.25, -0.2) is 4.98 Å². The monoisotopic (exact) mass is 315 g/mol. The molecule has 0 saturated heterocycles. The molecule has 0 aliphatic heterocycles. The molecular formula is C23H25N. The first-order valence-electron chi connectivity index (χ1n) is 9.33. The standard InChI is InChI=1S/C23H25N/c1-15-11-12-17-14-23(15,22(17,2)3)19-8-6-10-21-18(19)13-16-7-4-5-9-20(16)24-21/h4-10,13,15,17H,11-12,14H2,1-3H3. The first kappa shape index (κ1) is 14.5. The van der Waals surface area contributed by atoms with E-state index in [1.54, 1.807) is 5.56 Å². The van der Waals surface area contributed by atoms with Crippen LogP contribution in [0.25, 0.3) is 21.8 Å². The van der Waals surface area contributed by atoms with E-state index in [1.165, 1.54) is 30.0 Å². The molecule has 1 aromatic heterocycles. The summed E-state index contributed by atoms with van der Waals surface area (Å²) in [7, 11) is 0. The van der Waals surface area contributed by atoms with E-state index >= 15 is 0 Å². The molecule has 2 bridgehead atoms. The summed E-state index contributed by atoms with van der Waals surface area (Å²) in [4.78, 5) is 4.95. The number of aromatic nitrogens is 1. The van der Waals surface area contributed by atoms with Crippen molar-refractivity contribution in [3.05, 3.63) is 54.1 Å². The number of pyridine rings is 1. The van der Waals surface area contributed by atoms with Crippen molar-refractivity contribution < 1.29 is 0 Å². The third-order valence-electron chi connectivity index (χ3n) is 7.57. The van der Waals surface area contributed by atoms with Crippen LogP contribution in [0.4, 0.5) is 0 Å². The fourth-order valence-corrected chi connectivity index (χ4v) is 6.05. The maximum absolute atomic E-state index is 4.95. The number of nitrogens with zero attached hydrogens (tertiary/aromatic N) is 1. The molecule has 3 aliphatic carbocycles. The van der Waals surface area contributed by atoms with Gasteiger partial charge in [0.25, 0.3) is 0 Å². The third kappa shape index (κ3) is 1.58. The fourth-order valence-electron chi connectivity index (χ4n) is 6.05. The van der Waals surface area contributed by atoms with Gasteiger partial charge in [0.05, 0.1) is 11.0 Å². The Kier molecular flexibility index (Phi) is 2.77. The quantitative estimate of drug-likeness (QED) is 0.494. The molecule has 3 unspecified atom stereocenters. The summed E-state index contributed by atoms with van der Waals surface area (Å²) < 4.78 is 0. The molecule has 3 atom stereocenters. The van der Waals surface area contributed by atoms with E-state index in [4.69, 9.17) is 4.98 Å². The van der Waals surface area contributed by atoms with Gasteiger partial charge in [0.15, 0.2) is 0 Å². The summed E-state index contributed by atoms with van der Waals surface area (Å²) >= 11 is 0. The SMILES string of the molecule is CC1CCC2CC1(c1cccc3nc4ccccc4cc13)C2(C)C. The number of hydrogen-bond acceptors (Lipinski definition) is 1. The summed E-state index contributed by atoms with van der Waals surface area (Å²) in [5.41, 5.74) is 4.51. The van der Waals surface area contributed by atoms with Crippen LogP contribution < -0.4 is 0 Å². The lowest BCUT2D eigenvalue weighted by atomic mass is 9.35. The van der Waals surface area contributed by atoms with Crippen LogP contribution in [0.1, 0.15) is 45.6 Å². The Hall–Kier alpha value is -1.89. The Morgan fingerprint density at radius 3 is 2.54 bits per heavy atom. The highest BCUT2D eigenvalue weighted by Gasteiger charge is 2.65. The van der Waals surface area contributed by atoms with E-state index < -0.39 is 0 Å². The lowest BCUT2D eigenvalue weighted by molar-refractivity contribution is -0.132. The molecular weight excluding hydrogens is 290 g/mol. The van der Waals surface area contributed by atoms with Crippen molar-refractivity contribution in [2.45, 2.75) is 45.4 Å². The van der Waals surface area contributed by atoms with E-state index in [2.05, 4.69) is 69.3 Å². The van der Waals surface area contributed by atoms with Crippen molar-refractivity contribution in [3.63, 3.8) is 0 Å². The zero-order valence-corrected chi connectivity index (χ0v) is 14.8. The Labute approximate surface area is 144 Å². The summed E-state index contributed by atoms with van der Waals surface area (Å²) in [5.74, 6) is 1.63. The maximum atomic E-state index is 4.95. The van der Waals surface area contributed by atoms with E-state index in [-0.39, 0.29) is 0 Å². The predicted molar refractivity (Wildman–Crippen MR) is 101 cm³/mol. The van der Waals surface area contributed by atoms with Gasteiger partial charge >= 0.3 is 0 Å². The summed E-state index contributed by atoms with van der Waals surface area (Å²) in [6.45, 7) is 7.48. The third-order valence-corrected chi connectivity index (χ3v) is 7.57. The van der Waals surface area contributed by atoms with Crippen LogP contribution in [0.5, 0.6) is 0 Å².